The summed E-state index contributed by atoms with van der Waals surface area (Å²) in [6, 6.07) is 0. The van der Waals surface area contributed by atoms with Crippen molar-refractivity contribution in [3.05, 3.63) is 18.1 Å². The number of hydrogen-bond donors (Lipinski definition) is 1. The van der Waals surface area contributed by atoms with Gasteiger partial charge in [-0.2, -0.15) is 0 Å². The monoisotopic (exact) mass is 137 g/mol. The number of anilines is 1. The van der Waals surface area contributed by atoms with Crippen molar-refractivity contribution in [3.63, 3.8) is 0 Å². The fourth-order valence-corrected chi connectivity index (χ4v) is 0.842. The molecule has 1 heterocycles. The van der Waals surface area contributed by atoms with Crippen molar-refractivity contribution >= 4 is 5.82 Å². The Labute approximate surface area is 60.5 Å². The van der Waals surface area contributed by atoms with Gasteiger partial charge in [0.25, 0.3) is 0 Å². The third kappa shape index (κ3) is 1.23. The lowest BCUT2D eigenvalue weighted by Crippen LogP contribution is -1.97. The van der Waals surface area contributed by atoms with Gasteiger partial charge in [0, 0.05) is 18.8 Å². The molecule has 0 atom stereocenters. The molecule has 1 aromatic rings. The first-order valence-corrected chi connectivity index (χ1v) is 3.35. The molecular formula is C7H11N3. The van der Waals surface area contributed by atoms with Crippen LogP contribution < -0.4 is 5.32 Å². The topological polar surface area (TPSA) is 37.8 Å². The van der Waals surface area contributed by atoms with Crippen molar-refractivity contribution in [1.29, 1.82) is 0 Å². The molecule has 0 aliphatic heterocycles. The van der Waals surface area contributed by atoms with Gasteiger partial charge >= 0.3 is 0 Å². The van der Waals surface area contributed by atoms with Gasteiger partial charge in [0.15, 0.2) is 0 Å². The van der Waals surface area contributed by atoms with Crippen molar-refractivity contribution in [2.75, 3.05) is 12.4 Å². The first-order valence-electron chi connectivity index (χ1n) is 3.35. The summed E-state index contributed by atoms with van der Waals surface area (Å²) in [4.78, 5) is 7.96. The highest BCUT2D eigenvalue weighted by atomic mass is 15.0. The van der Waals surface area contributed by atoms with E-state index in [1.165, 1.54) is 0 Å². The molecule has 3 nitrogen and oxygen atoms in total. The summed E-state index contributed by atoms with van der Waals surface area (Å²) in [7, 11) is 1.86. The fourth-order valence-electron chi connectivity index (χ4n) is 0.842. The Hall–Kier alpha value is -1.12. The summed E-state index contributed by atoms with van der Waals surface area (Å²) in [5.74, 6) is 0.928. The average Bonchev–Trinajstić information content (AvgIpc) is 2.04. The molecule has 0 aliphatic carbocycles. The zero-order valence-corrected chi connectivity index (χ0v) is 6.26. The van der Waals surface area contributed by atoms with Crippen LogP contribution in [0.4, 0.5) is 5.82 Å². The Kier molecular flexibility index (Phi) is 2.20. The normalized spacial score (nSPS) is 9.40. The van der Waals surface area contributed by atoms with Crippen LogP contribution in [0.1, 0.15) is 12.5 Å². The summed E-state index contributed by atoms with van der Waals surface area (Å²) >= 11 is 0. The minimum atomic E-state index is 0.928. The van der Waals surface area contributed by atoms with Gasteiger partial charge in [-0.3, -0.25) is 0 Å². The summed E-state index contributed by atoms with van der Waals surface area (Å²) in [6.07, 6.45) is 4.35. The lowest BCUT2D eigenvalue weighted by atomic mass is 10.2. The van der Waals surface area contributed by atoms with Crippen LogP contribution in [0, 0.1) is 0 Å². The van der Waals surface area contributed by atoms with Gasteiger partial charge in [-0.1, -0.05) is 6.92 Å². The van der Waals surface area contributed by atoms with E-state index in [4.69, 9.17) is 0 Å². The van der Waals surface area contributed by atoms with Gasteiger partial charge in [0.2, 0.25) is 0 Å². The van der Waals surface area contributed by atoms with Crippen LogP contribution in [0.3, 0.4) is 0 Å². The number of nitrogens with one attached hydrogen (secondary N) is 1. The second kappa shape index (κ2) is 3.15. The molecule has 0 saturated heterocycles. The van der Waals surface area contributed by atoms with Crippen LogP contribution in [0.25, 0.3) is 0 Å². The first-order chi connectivity index (χ1) is 4.88. The van der Waals surface area contributed by atoms with Crippen molar-refractivity contribution in [2.24, 2.45) is 0 Å². The molecule has 0 saturated carbocycles. The van der Waals surface area contributed by atoms with E-state index in [0.717, 1.165) is 17.8 Å². The van der Waals surface area contributed by atoms with Gasteiger partial charge in [0.1, 0.15) is 12.1 Å². The Morgan fingerprint density at radius 1 is 1.60 bits per heavy atom. The maximum Gasteiger partial charge on any atom is 0.132 e. The lowest BCUT2D eigenvalue weighted by molar-refractivity contribution is 1.04. The van der Waals surface area contributed by atoms with Gasteiger partial charge in [0.05, 0.1) is 0 Å². The van der Waals surface area contributed by atoms with Gasteiger partial charge in [-0.05, 0) is 6.42 Å². The molecular weight excluding hydrogens is 126 g/mol. The van der Waals surface area contributed by atoms with E-state index in [2.05, 4.69) is 22.2 Å². The fraction of sp³-hybridized carbons (Fsp3) is 0.429. The van der Waals surface area contributed by atoms with Crippen LogP contribution in [-0.2, 0) is 6.42 Å². The van der Waals surface area contributed by atoms with Crippen LogP contribution in [0.15, 0.2) is 12.5 Å². The average molecular weight is 137 g/mol. The summed E-state index contributed by atoms with van der Waals surface area (Å²) in [5.41, 5.74) is 1.16. The number of hydrogen-bond acceptors (Lipinski definition) is 3. The molecule has 3 heteroatoms. The lowest BCUT2D eigenvalue weighted by Gasteiger charge is -2.02. The number of rotatable bonds is 2. The standard InChI is InChI=1S/C7H11N3/c1-3-6-4-9-5-10-7(6)8-2/h4-5H,3H2,1-2H3,(H,8,9,10). The molecule has 1 rings (SSSR count). The molecule has 0 spiro atoms. The SMILES string of the molecule is CCc1cncnc1NC. The van der Waals surface area contributed by atoms with Crippen LogP contribution in [0.2, 0.25) is 0 Å². The maximum absolute atomic E-state index is 4.05. The highest BCUT2D eigenvalue weighted by Crippen LogP contribution is 2.08. The Balaban J connectivity index is 2.96. The summed E-state index contributed by atoms with van der Waals surface area (Å²) in [6.45, 7) is 2.08. The molecule has 54 valence electrons. The molecule has 0 fully saturated rings. The molecule has 1 aromatic heterocycles. The number of nitrogens with zero attached hydrogens (tertiary/aromatic N) is 2. The highest BCUT2D eigenvalue weighted by Gasteiger charge is 1.96. The Morgan fingerprint density at radius 3 is 2.90 bits per heavy atom. The minimum absolute atomic E-state index is 0.928. The Bertz CT molecular complexity index is 187. The van der Waals surface area contributed by atoms with E-state index in [-0.39, 0.29) is 0 Å². The molecule has 0 aromatic carbocycles. The van der Waals surface area contributed by atoms with Gasteiger partial charge in [-0.15, -0.1) is 0 Å². The van der Waals surface area contributed by atoms with Crippen molar-refractivity contribution in [3.8, 4) is 0 Å². The number of aryl methyl sites for hydroxylation is 1. The molecule has 0 radical (unpaired) electrons. The second-order valence-electron chi connectivity index (χ2n) is 2.00. The maximum atomic E-state index is 4.05. The molecule has 0 bridgehead atoms. The van der Waals surface area contributed by atoms with Crippen molar-refractivity contribution in [2.45, 2.75) is 13.3 Å². The zero-order valence-electron chi connectivity index (χ0n) is 6.26. The zero-order chi connectivity index (χ0) is 7.40. The predicted octanol–water partition coefficient (Wildman–Crippen LogP) is 1.08. The van der Waals surface area contributed by atoms with Crippen LogP contribution in [-0.4, -0.2) is 17.0 Å². The molecule has 0 unspecified atom stereocenters. The highest BCUT2D eigenvalue weighted by molar-refractivity contribution is 5.40. The van der Waals surface area contributed by atoms with E-state index in [0.29, 0.717) is 0 Å². The van der Waals surface area contributed by atoms with E-state index >= 15 is 0 Å². The van der Waals surface area contributed by atoms with Crippen molar-refractivity contribution < 1.29 is 0 Å². The summed E-state index contributed by atoms with van der Waals surface area (Å²) < 4.78 is 0. The van der Waals surface area contributed by atoms with Crippen LogP contribution >= 0.6 is 0 Å². The quantitative estimate of drug-likeness (QED) is 0.662. The smallest absolute Gasteiger partial charge is 0.132 e. The molecule has 10 heavy (non-hydrogen) atoms. The minimum Gasteiger partial charge on any atom is -0.373 e. The first kappa shape index (κ1) is 6.99. The molecule has 0 amide bonds. The largest absolute Gasteiger partial charge is 0.373 e. The van der Waals surface area contributed by atoms with E-state index in [1.807, 2.05) is 13.2 Å². The molecule has 1 N–H and O–H groups in total. The third-order valence-electron chi connectivity index (χ3n) is 1.41. The van der Waals surface area contributed by atoms with E-state index < -0.39 is 0 Å². The van der Waals surface area contributed by atoms with E-state index in [9.17, 15) is 0 Å². The van der Waals surface area contributed by atoms with E-state index in [1.54, 1.807) is 6.33 Å². The van der Waals surface area contributed by atoms with Crippen LogP contribution in [0.5, 0.6) is 0 Å². The van der Waals surface area contributed by atoms with Gasteiger partial charge < -0.3 is 5.32 Å². The summed E-state index contributed by atoms with van der Waals surface area (Å²) in [5, 5.41) is 3.00. The predicted molar refractivity (Wildman–Crippen MR) is 41.0 cm³/mol. The third-order valence-corrected chi connectivity index (χ3v) is 1.41. The second-order valence-corrected chi connectivity index (χ2v) is 2.00. The van der Waals surface area contributed by atoms with Crippen molar-refractivity contribution in [1.82, 2.24) is 9.97 Å². The van der Waals surface area contributed by atoms with Gasteiger partial charge in [-0.25, -0.2) is 9.97 Å². The molecule has 0 aliphatic rings. The Morgan fingerprint density at radius 2 is 2.40 bits per heavy atom. The number of aromatic nitrogens is 2.